The molecule has 10 atom stereocenters. The topological polar surface area (TPSA) is 225 Å². The summed E-state index contributed by atoms with van der Waals surface area (Å²) in [5.41, 5.74) is -0.370. The van der Waals surface area contributed by atoms with Crippen LogP contribution in [0.1, 0.15) is 6.92 Å². The smallest absolute Gasteiger partial charge is 0.239 e. The molecule has 3 heterocycles. The highest BCUT2D eigenvalue weighted by Crippen LogP contribution is 2.40. The number of hydrogen-bond acceptors (Lipinski definition) is 16. The Bertz CT molecular complexity index is 1610. The Kier molecular flexibility index (Phi) is 10.4. The Morgan fingerprint density at radius 2 is 1.36 bits per heavy atom. The molecule has 258 valence electrons. The number of aliphatic hydroxyl groups is 6. The molecule has 0 saturated carbocycles. The molecule has 0 radical (unpaired) electrons. The Morgan fingerprint density at radius 3 is 2.02 bits per heavy atom. The van der Waals surface area contributed by atoms with E-state index in [1.54, 1.807) is 12.1 Å². The summed E-state index contributed by atoms with van der Waals surface area (Å²) >= 11 is 0. The zero-order valence-electron chi connectivity index (χ0n) is 26.1. The van der Waals surface area contributed by atoms with Gasteiger partial charge >= 0.3 is 0 Å². The van der Waals surface area contributed by atoms with E-state index in [-0.39, 0.29) is 22.5 Å². The average Bonchev–Trinajstić information content (AvgIpc) is 3.08. The van der Waals surface area contributed by atoms with E-state index in [1.165, 1.54) is 53.6 Å². The fourth-order valence-corrected chi connectivity index (χ4v) is 5.40. The minimum Gasteiger partial charge on any atom is -0.496 e. The zero-order chi connectivity index (χ0) is 34.2. The SMILES string of the molecule is COc1cc(OC)c2c(=O)c(O[C@@H]3OC(CO[C@@H]4OC(C)[C@H](O)[C@H](O)C4O)[C@@H](O)C(O)C3O)c(-c3ccc(OC)c(OC)c3)oc2c1. The van der Waals surface area contributed by atoms with Crippen molar-refractivity contribution in [1.29, 1.82) is 0 Å². The highest BCUT2D eigenvalue weighted by Gasteiger charge is 2.48. The first-order chi connectivity index (χ1) is 22.4. The van der Waals surface area contributed by atoms with Crippen molar-refractivity contribution >= 4 is 11.0 Å². The van der Waals surface area contributed by atoms with Crippen LogP contribution in [0.25, 0.3) is 22.3 Å². The van der Waals surface area contributed by atoms with Crippen molar-refractivity contribution in [2.24, 2.45) is 0 Å². The minimum atomic E-state index is -1.87. The second-order valence-electron chi connectivity index (χ2n) is 11.0. The first-order valence-corrected chi connectivity index (χ1v) is 14.6. The van der Waals surface area contributed by atoms with Gasteiger partial charge < -0.3 is 73.0 Å². The molecular weight excluding hydrogens is 628 g/mol. The lowest BCUT2D eigenvalue weighted by Crippen LogP contribution is -2.61. The van der Waals surface area contributed by atoms with Crippen LogP contribution >= 0.6 is 0 Å². The summed E-state index contributed by atoms with van der Waals surface area (Å²) in [6.45, 7) is 0.923. The Hall–Kier alpha value is -3.71. The van der Waals surface area contributed by atoms with Crippen LogP contribution in [0.4, 0.5) is 0 Å². The molecule has 2 fully saturated rings. The van der Waals surface area contributed by atoms with Crippen LogP contribution in [0.5, 0.6) is 28.7 Å². The molecular formula is C31H38O16. The van der Waals surface area contributed by atoms with Gasteiger partial charge in [-0.25, -0.2) is 0 Å². The van der Waals surface area contributed by atoms with Crippen LogP contribution in [0.3, 0.4) is 0 Å². The van der Waals surface area contributed by atoms with Gasteiger partial charge in [0.15, 0.2) is 23.5 Å². The molecule has 2 aliphatic heterocycles. The standard InChI is InChI=1S/C31H38O16/c1-12-21(32)24(35)26(37)30(44-12)43-11-19-22(33)25(36)27(38)31(46-19)47-29-23(34)20-17(42-5)9-14(39-2)10-18(20)45-28(29)13-6-7-15(40-3)16(8-13)41-4/h6-10,12,19,21-22,24-27,30-33,35-38H,11H2,1-5H3/t12?,19?,21-,22+,24-,25?,26?,27?,30+,31-/m0/s1. The van der Waals surface area contributed by atoms with Gasteiger partial charge in [0, 0.05) is 17.7 Å². The summed E-state index contributed by atoms with van der Waals surface area (Å²) in [5, 5.41) is 62.6. The van der Waals surface area contributed by atoms with Crippen LogP contribution in [0.2, 0.25) is 0 Å². The largest absolute Gasteiger partial charge is 0.496 e. The quantitative estimate of drug-likeness (QED) is 0.161. The van der Waals surface area contributed by atoms with Crippen molar-refractivity contribution in [2.75, 3.05) is 35.0 Å². The van der Waals surface area contributed by atoms with Crippen LogP contribution < -0.4 is 29.1 Å². The molecule has 16 heteroatoms. The molecule has 1 aromatic heterocycles. The average molecular weight is 667 g/mol. The van der Waals surface area contributed by atoms with Crippen molar-refractivity contribution in [1.82, 2.24) is 0 Å². The van der Waals surface area contributed by atoms with E-state index in [1.807, 2.05) is 0 Å². The number of rotatable bonds is 10. The van der Waals surface area contributed by atoms with Crippen molar-refractivity contribution in [3.8, 4) is 40.1 Å². The van der Waals surface area contributed by atoms with Crippen molar-refractivity contribution < 1.29 is 73.0 Å². The van der Waals surface area contributed by atoms with Gasteiger partial charge in [0.25, 0.3) is 0 Å². The first-order valence-electron chi connectivity index (χ1n) is 14.6. The summed E-state index contributed by atoms with van der Waals surface area (Å²) in [6.07, 6.45) is -15.5. The first kappa shape index (κ1) is 34.6. The molecule has 0 amide bonds. The molecule has 0 spiro atoms. The molecule has 2 aromatic carbocycles. The number of aliphatic hydroxyl groups excluding tert-OH is 6. The number of fused-ring (bicyclic) bond motifs is 1. The molecule has 3 aromatic rings. The predicted octanol–water partition coefficient (Wildman–Crippen LogP) is -0.475. The molecule has 6 N–H and O–H groups in total. The molecule has 5 unspecified atom stereocenters. The van der Waals surface area contributed by atoms with Gasteiger partial charge in [-0.15, -0.1) is 0 Å². The fraction of sp³-hybridized carbons (Fsp3) is 0.516. The van der Waals surface area contributed by atoms with Crippen LogP contribution in [-0.4, -0.2) is 127 Å². The van der Waals surface area contributed by atoms with Crippen molar-refractivity contribution in [3.63, 3.8) is 0 Å². The third-order valence-electron chi connectivity index (χ3n) is 8.13. The minimum absolute atomic E-state index is 0.0309. The van der Waals surface area contributed by atoms with E-state index in [4.69, 9.17) is 42.3 Å². The Labute approximate surface area is 268 Å². The van der Waals surface area contributed by atoms with E-state index in [0.29, 0.717) is 22.8 Å². The zero-order valence-corrected chi connectivity index (χ0v) is 26.1. The van der Waals surface area contributed by atoms with Gasteiger partial charge in [-0.1, -0.05) is 0 Å². The maximum absolute atomic E-state index is 14.1. The van der Waals surface area contributed by atoms with Gasteiger partial charge in [-0.3, -0.25) is 4.79 Å². The van der Waals surface area contributed by atoms with Gasteiger partial charge in [-0.2, -0.15) is 0 Å². The van der Waals surface area contributed by atoms with Gasteiger partial charge in [0.2, 0.25) is 17.5 Å². The third kappa shape index (κ3) is 6.56. The van der Waals surface area contributed by atoms with Crippen molar-refractivity contribution in [2.45, 2.75) is 68.3 Å². The van der Waals surface area contributed by atoms with E-state index < -0.39 is 79.2 Å². The summed E-state index contributed by atoms with van der Waals surface area (Å²) in [4.78, 5) is 14.1. The van der Waals surface area contributed by atoms with Crippen LogP contribution in [-0.2, 0) is 14.2 Å². The van der Waals surface area contributed by atoms with E-state index in [0.717, 1.165) is 0 Å². The summed E-state index contributed by atoms with van der Waals surface area (Å²) in [5.74, 6) is 0.543. The van der Waals surface area contributed by atoms with E-state index in [2.05, 4.69) is 0 Å². The Morgan fingerprint density at radius 1 is 0.702 bits per heavy atom. The summed E-state index contributed by atoms with van der Waals surface area (Å²) in [6, 6.07) is 7.63. The maximum Gasteiger partial charge on any atom is 0.239 e. The summed E-state index contributed by atoms with van der Waals surface area (Å²) < 4.78 is 50.4. The van der Waals surface area contributed by atoms with Crippen molar-refractivity contribution in [3.05, 3.63) is 40.6 Å². The highest BCUT2D eigenvalue weighted by atomic mass is 16.7. The maximum atomic E-state index is 14.1. The van der Waals surface area contributed by atoms with Crippen LogP contribution in [0, 0.1) is 0 Å². The number of ether oxygens (including phenoxy) is 8. The fourth-order valence-electron chi connectivity index (χ4n) is 5.40. The lowest BCUT2D eigenvalue weighted by atomic mass is 9.98. The molecule has 2 saturated heterocycles. The second-order valence-corrected chi connectivity index (χ2v) is 11.0. The van der Waals surface area contributed by atoms with Gasteiger partial charge in [0.05, 0.1) is 41.2 Å². The highest BCUT2D eigenvalue weighted by molar-refractivity contribution is 5.88. The number of benzene rings is 2. The molecule has 47 heavy (non-hydrogen) atoms. The monoisotopic (exact) mass is 666 g/mol. The number of methoxy groups -OCH3 is 4. The Balaban J connectivity index is 1.53. The van der Waals surface area contributed by atoms with Gasteiger partial charge in [0.1, 0.15) is 65.2 Å². The molecule has 16 nitrogen and oxygen atoms in total. The molecule has 2 aliphatic rings. The lowest BCUT2D eigenvalue weighted by Gasteiger charge is -2.42. The van der Waals surface area contributed by atoms with Gasteiger partial charge in [-0.05, 0) is 25.1 Å². The second kappa shape index (κ2) is 14.2. The molecule has 0 aliphatic carbocycles. The van der Waals surface area contributed by atoms with E-state index >= 15 is 0 Å². The molecule has 0 bridgehead atoms. The predicted molar refractivity (Wildman–Crippen MR) is 160 cm³/mol. The number of hydrogen-bond donors (Lipinski definition) is 6. The summed E-state index contributed by atoms with van der Waals surface area (Å²) in [7, 11) is 5.66. The normalized spacial score (nSPS) is 31.0. The van der Waals surface area contributed by atoms with Crippen LogP contribution in [0.15, 0.2) is 39.5 Å². The third-order valence-corrected chi connectivity index (χ3v) is 8.13. The molecule has 5 rings (SSSR count). The lowest BCUT2D eigenvalue weighted by molar-refractivity contribution is -0.318. The van der Waals surface area contributed by atoms with E-state index in [9.17, 15) is 35.4 Å².